The molecular formula is C29H60NO7P. The Morgan fingerprint density at radius 1 is 0.789 bits per heavy atom. The standard InChI is InChI=1S/C29H60NO7P/c1-7-8-9-10-11-12-13-14-15-16-17-18-19-20-21-27(2)24-34-25-29(37-28(3)31)26-36-38(32,33)35-23-22-30(4,5)6/h27,29H,7-26H2,1-6H3. The number of unbranched alkanes of at least 4 members (excludes halogenated alkanes) is 13. The molecule has 0 amide bonds. The molecule has 0 aliphatic rings. The van der Waals surface area contributed by atoms with E-state index in [0.29, 0.717) is 23.6 Å². The van der Waals surface area contributed by atoms with Crippen LogP contribution in [-0.4, -0.2) is 70.7 Å². The molecular weight excluding hydrogens is 505 g/mol. The Hall–Kier alpha value is -0.500. The minimum Gasteiger partial charge on any atom is -0.756 e. The molecule has 3 unspecified atom stereocenters. The van der Waals surface area contributed by atoms with Crippen molar-refractivity contribution in [3.8, 4) is 0 Å². The summed E-state index contributed by atoms with van der Waals surface area (Å²) < 4.78 is 33.3. The van der Waals surface area contributed by atoms with Gasteiger partial charge in [0.05, 0.1) is 34.4 Å². The van der Waals surface area contributed by atoms with E-state index in [1.54, 1.807) is 0 Å². The smallest absolute Gasteiger partial charge is 0.303 e. The lowest BCUT2D eigenvalue weighted by molar-refractivity contribution is -0.870. The Kier molecular flexibility index (Phi) is 22.9. The van der Waals surface area contributed by atoms with Crippen LogP contribution in [0.2, 0.25) is 0 Å². The van der Waals surface area contributed by atoms with Gasteiger partial charge >= 0.3 is 5.97 Å². The number of rotatable bonds is 27. The van der Waals surface area contributed by atoms with Crippen molar-refractivity contribution in [3.63, 3.8) is 0 Å². The quantitative estimate of drug-likeness (QED) is 0.0476. The van der Waals surface area contributed by atoms with Gasteiger partial charge in [0.2, 0.25) is 0 Å². The van der Waals surface area contributed by atoms with Crippen molar-refractivity contribution in [3.05, 3.63) is 0 Å². The monoisotopic (exact) mass is 565 g/mol. The molecule has 0 fully saturated rings. The number of esters is 1. The molecule has 0 saturated carbocycles. The van der Waals surface area contributed by atoms with E-state index >= 15 is 0 Å². The van der Waals surface area contributed by atoms with Gasteiger partial charge in [-0.25, -0.2) is 0 Å². The van der Waals surface area contributed by atoms with Crippen LogP contribution in [0.15, 0.2) is 0 Å². The first-order valence-electron chi connectivity index (χ1n) is 15.1. The number of hydrogen-bond donors (Lipinski definition) is 0. The molecule has 0 heterocycles. The third-order valence-electron chi connectivity index (χ3n) is 6.52. The Labute approximate surface area is 234 Å². The van der Waals surface area contributed by atoms with Gasteiger partial charge in [-0.15, -0.1) is 0 Å². The highest BCUT2D eigenvalue weighted by atomic mass is 31.2. The van der Waals surface area contributed by atoms with Crippen molar-refractivity contribution in [2.24, 2.45) is 5.92 Å². The van der Waals surface area contributed by atoms with Gasteiger partial charge in [-0.1, -0.05) is 104 Å². The van der Waals surface area contributed by atoms with E-state index in [1.807, 2.05) is 21.1 Å². The van der Waals surface area contributed by atoms with E-state index in [2.05, 4.69) is 13.8 Å². The highest BCUT2D eigenvalue weighted by Crippen LogP contribution is 2.38. The van der Waals surface area contributed by atoms with Crippen molar-refractivity contribution in [2.45, 2.75) is 123 Å². The topological polar surface area (TPSA) is 94.1 Å². The van der Waals surface area contributed by atoms with E-state index < -0.39 is 19.9 Å². The van der Waals surface area contributed by atoms with Crippen LogP contribution in [0.5, 0.6) is 0 Å². The van der Waals surface area contributed by atoms with Crippen LogP contribution < -0.4 is 4.89 Å². The number of quaternary nitrogens is 1. The minimum absolute atomic E-state index is 0.0236. The zero-order valence-corrected chi connectivity index (χ0v) is 26.4. The fourth-order valence-electron chi connectivity index (χ4n) is 4.16. The Morgan fingerprint density at radius 2 is 1.29 bits per heavy atom. The third-order valence-corrected chi connectivity index (χ3v) is 7.48. The zero-order chi connectivity index (χ0) is 28.7. The Morgan fingerprint density at radius 3 is 1.76 bits per heavy atom. The molecule has 8 nitrogen and oxygen atoms in total. The first-order chi connectivity index (χ1) is 17.9. The summed E-state index contributed by atoms with van der Waals surface area (Å²) in [4.78, 5) is 23.4. The van der Waals surface area contributed by atoms with Gasteiger partial charge in [0.25, 0.3) is 7.82 Å². The average molecular weight is 566 g/mol. The summed E-state index contributed by atoms with van der Waals surface area (Å²) in [5.74, 6) is -0.125. The second-order valence-corrected chi connectivity index (χ2v) is 13.3. The normalized spacial score (nSPS) is 15.2. The number of hydrogen-bond acceptors (Lipinski definition) is 7. The summed E-state index contributed by atoms with van der Waals surface area (Å²) in [7, 11) is 1.34. The molecule has 0 aliphatic carbocycles. The number of phosphoric ester groups is 1. The summed E-state index contributed by atoms with van der Waals surface area (Å²) in [5, 5.41) is 0. The molecule has 0 saturated heterocycles. The number of carbonyl (C=O) groups excluding carboxylic acids is 1. The summed E-state index contributed by atoms with van der Waals surface area (Å²) in [6.07, 6.45) is 19.2. The van der Waals surface area contributed by atoms with Gasteiger partial charge in [-0.3, -0.25) is 9.36 Å². The van der Waals surface area contributed by atoms with Crippen LogP contribution in [0.4, 0.5) is 0 Å². The summed E-state index contributed by atoms with van der Waals surface area (Å²) >= 11 is 0. The van der Waals surface area contributed by atoms with Crippen molar-refractivity contribution in [1.82, 2.24) is 0 Å². The molecule has 38 heavy (non-hydrogen) atoms. The number of nitrogens with zero attached hydrogens (tertiary/aromatic N) is 1. The molecule has 0 N–H and O–H groups in total. The Bertz CT molecular complexity index is 612. The van der Waals surface area contributed by atoms with E-state index in [4.69, 9.17) is 18.5 Å². The van der Waals surface area contributed by atoms with E-state index in [-0.39, 0.29) is 19.8 Å². The zero-order valence-electron chi connectivity index (χ0n) is 25.5. The second-order valence-electron chi connectivity index (χ2n) is 11.8. The fourth-order valence-corrected chi connectivity index (χ4v) is 4.89. The molecule has 228 valence electrons. The highest BCUT2D eigenvalue weighted by molar-refractivity contribution is 7.45. The maximum absolute atomic E-state index is 12.0. The molecule has 9 heteroatoms. The second kappa shape index (κ2) is 23.2. The summed E-state index contributed by atoms with van der Waals surface area (Å²) in [5.41, 5.74) is 0. The molecule has 0 aliphatic heterocycles. The van der Waals surface area contributed by atoms with Crippen LogP contribution in [0, 0.1) is 5.92 Å². The summed E-state index contributed by atoms with van der Waals surface area (Å²) in [6, 6.07) is 0. The van der Waals surface area contributed by atoms with Gasteiger partial charge < -0.3 is 27.9 Å². The van der Waals surface area contributed by atoms with Gasteiger partial charge in [-0.05, 0) is 12.3 Å². The minimum atomic E-state index is -4.47. The van der Waals surface area contributed by atoms with Crippen LogP contribution >= 0.6 is 7.82 Å². The summed E-state index contributed by atoms with van der Waals surface area (Å²) in [6.45, 7) is 6.53. The van der Waals surface area contributed by atoms with Crippen LogP contribution in [0.1, 0.15) is 117 Å². The number of phosphoric acid groups is 1. The highest BCUT2D eigenvalue weighted by Gasteiger charge is 2.19. The first kappa shape index (κ1) is 37.5. The van der Waals surface area contributed by atoms with E-state index in [9.17, 15) is 14.3 Å². The number of carbonyl (C=O) groups is 1. The van der Waals surface area contributed by atoms with Crippen molar-refractivity contribution in [1.29, 1.82) is 0 Å². The van der Waals surface area contributed by atoms with Crippen LogP contribution in [0.3, 0.4) is 0 Å². The van der Waals surface area contributed by atoms with Crippen molar-refractivity contribution >= 4 is 13.8 Å². The van der Waals surface area contributed by atoms with Gasteiger partial charge in [0.15, 0.2) is 0 Å². The van der Waals surface area contributed by atoms with Crippen LogP contribution in [0.25, 0.3) is 0 Å². The van der Waals surface area contributed by atoms with Gasteiger partial charge in [0, 0.05) is 13.5 Å². The molecule has 0 aromatic heterocycles. The molecule has 0 spiro atoms. The van der Waals surface area contributed by atoms with E-state index in [0.717, 1.165) is 6.42 Å². The number of likely N-dealkylation sites (N-methyl/N-ethyl adjacent to an activating group) is 1. The lowest BCUT2D eigenvalue weighted by Gasteiger charge is -2.28. The molecule has 0 rings (SSSR count). The maximum atomic E-state index is 12.0. The van der Waals surface area contributed by atoms with Crippen molar-refractivity contribution < 1.29 is 37.3 Å². The molecule has 0 bridgehead atoms. The Balaban J connectivity index is 3.86. The number of ether oxygens (including phenoxy) is 2. The van der Waals surface area contributed by atoms with Gasteiger partial charge in [-0.2, -0.15) is 0 Å². The van der Waals surface area contributed by atoms with Gasteiger partial charge in [0.1, 0.15) is 19.3 Å². The largest absolute Gasteiger partial charge is 0.756 e. The third kappa shape index (κ3) is 27.1. The molecule has 0 aromatic rings. The lowest BCUT2D eigenvalue weighted by Crippen LogP contribution is -2.37. The molecule has 0 radical (unpaired) electrons. The predicted molar refractivity (Wildman–Crippen MR) is 153 cm³/mol. The lowest BCUT2D eigenvalue weighted by atomic mass is 10.0. The first-order valence-corrected chi connectivity index (χ1v) is 16.6. The molecule has 0 aromatic carbocycles. The maximum Gasteiger partial charge on any atom is 0.303 e. The van der Waals surface area contributed by atoms with Crippen molar-refractivity contribution in [2.75, 3.05) is 54.1 Å². The molecule has 3 atom stereocenters. The average Bonchev–Trinajstić information content (AvgIpc) is 2.81. The van der Waals surface area contributed by atoms with Crippen LogP contribution in [-0.2, 0) is 27.9 Å². The SMILES string of the molecule is CCCCCCCCCCCCCCCCC(C)COCC(COP(=O)([O-])OCC[N+](C)(C)C)OC(C)=O. The predicted octanol–water partition coefficient (Wildman–Crippen LogP) is 6.65. The van der Waals surface area contributed by atoms with E-state index in [1.165, 1.54) is 96.8 Å². The fraction of sp³-hybridized carbons (Fsp3) is 0.966.